The van der Waals surface area contributed by atoms with Crippen LogP contribution in [0.2, 0.25) is 0 Å². The normalized spacial score (nSPS) is 14.3. The number of benzene rings is 3. The second-order valence-electron chi connectivity index (χ2n) is 6.39. The zero-order valence-corrected chi connectivity index (χ0v) is 17.7. The van der Waals surface area contributed by atoms with E-state index in [4.69, 9.17) is 9.47 Å². The molecule has 0 spiro atoms. The van der Waals surface area contributed by atoms with E-state index in [1.807, 2.05) is 0 Å². The van der Waals surface area contributed by atoms with Gasteiger partial charge in [-0.05, 0) is 36.4 Å². The van der Waals surface area contributed by atoms with Crippen molar-refractivity contribution >= 4 is 32.7 Å². The number of sulfone groups is 1. The first kappa shape index (κ1) is 20.2. The summed E-state index contributed by atoms with van der Waals surface area (Å²) in [5.41, 5.74) is 0.153. The first-order valence-corrected chi connectivity index (χ1v) is 11.6. The number of carbonyl (C=O) groups is 2. The van der Waals surface area contributed by atoms with Crippen molar-refractivity contribution in [2.75, 3.05) is 14.2 Å². The number of hydrogen-bond donors (Lipinski definition) is 0. The fourth-order valence-corrected chi connectivity index (χ4v) is 8.12. The van der Waals surface area contributed by atoms with E-state index in [1.54, 1.807) is 60.7 Å². The summed E-state index contributed by atoms with van der Waals surface area (Å²) >= 11 is 0. The Balaban J connectivity index is 2.00. The minimum absolute atomic E-state index is 0.0674. The highest BCUT2D eigenvalue weighted by molar-refractivity contribution is 8.00. The van der Waals surface area contributed by atoms with Gasteiger partial charge in [0.05, 0.1) is 25.3 Å². The van der Waals surface area contributed by atoms with Gasteiger partial charge in [0.15, 0.2) is 14.7 Å². The lowest BCUT2D eigenvalue weighted by atomic mass is 10.1. The van der Waals surface area contributed by atoms with Gasteiger partial charge in [0, 0.05) is 6.07 Å². The van der Waals surface area contributed by atoms with E-state index in [9.17, 15) is 18.0 Å². The maximum atomic E-state index is 13.1. The molecule has 0 atom stereocenters. The molecule has 152 valence electrons. The molecule has 0 amide bonds. The van der Waals surface area contributed by atoms with Gasteiger partial charge in [-0.3, -0.25) is 0 Å². The van der Waals surface area contributed by atoms with Crippen LogP contribution in [-0.4, -0.2) is 34.6 Å². The molecular formula is C22H17O6S2+. The van der Waals surface area contributed by atoms with E-state index in [2.05, 4.69) is 0 Å². The second-order valence-corrected chi connectivity index (χ2v) is 10.2. The Hall–Kier alpha value is -3.10. The average molecular weight is 442 g/mol. The molecule has 0 aromatic heterocycles. The largest absolute Gasteiger partial charge is 0.465 e. The third-order valence-corrected chi connectivity index (χ3v) is 9.20. The molecule has 0 bridgehead atoms. The van der Waals surface area contributed by atoms with Gasteiger partial charge in [-0.15, -0.1) is 0 Å². The molecule has 1 heterocycles. The van der Waals surface area contributed by atoms with Crippen molar-refractivity contribution in [2.45, 2.75) is 24.5 Å². The summed E-state index contributed by atoms with van der Waals surface area (Å²) in [7, 11) is -1.99. The first-order valence-electron chi connectivity index (χ1n) is 8.88. The van der Waals surface area contributed by atoms with E-state index in [0.29, 0.717) is 14.7 Å². The van der Waals surface area contributed by atoms with Gasteiger partial charge >= 0.3 is 11.9 Å². The molecule has 0 radical (unpaired) electrons. The van der Waals surface area contributed by atoms with Crippen LogP contribution in [0.3, 0.4) is 0 Å². The highest BCUT2D eigenvalue weighted by atomic mass is 32.2. The van der Waals surface area contributed by atoms with Crippen LogP contribution in [0.5, 0.6) is 0 Å². The van der Waals surface area contributed by atoms with Crippen LogP contribution in [0, 0.1) is 0 Å². The molecule has 30 heavy (non-hydrogen) atoms. The van der Waals surface area contributed by atoms with Gasteiger partial charge in [-0.2, -0.15) is 0 Å². The summed E-state index contributed by atoms with van der Waals surface area (Å²) in [5, 5.41) is 0. The highest BCUT2D eigenvalue weighted by Gasteiger charge is 2.45. The Morgan fingerprint density at radius 2 is 1.23 bits per heavy atom. The van der Waals surface area contributed by atoms with Crippen molar-refractivity contribution in [3.63, 3.8) is 0 Å². The molecule has 3 aromatic rings. The molecule has 0 fully saturated rings. The lowest BCUT2D eigenvalue weighted by Gasteiger charge is -2.20. The van der Waals surface area contributed by atoms with Crippen LogP contribution >= 0.6 is 0 Å². The van der Waals surface area contributed by atoms with Crippen molar-refractivity contribution < 1.29 is 27.5 Å². The Morgan fingerprint density at radius 1 is 0.733 bits per heavy atom. The Morgan fingerprint density at radius 3 is 1.77 bits per heavy atom. The van der Waals surface area contributed by atoms with Crippen LogP contribution in [0.1, 0.15) is 20.7 Å². The van der Waals surface area contributed by atoms with Gasteiger partial charge in [-0.25, -0.2) is 18.0 Å². The number of rotatable bonds is 3. The molecule has 3 aromatic carbocycles. The van der Waals surface area contributed by atoms with Crippen LogP contribution in [0.4, 0.5) is 0 Å². The lowest BCUT2D eigenvalue weighted by molar-refractivity contribution is 0.0555. The van der Waals surface area contributed by atoms with Crippen LogP contribution in [-0.2, 0) is 30.2 Å². The molecule has 0 N–H and O–H groups in total. The number of methoxy groups -OCH3 is 2. The Bertz CT molecular complexity index is 1230. The first-order chi connectivity index (χ1) is 14.4. The summed E-state index contributed by atoms with van der Waals surface area (Å²) in [6.45, 7) is 0. The smallest absolute Gasteiger partial charge is 0.338 e. The van der Waals surface area contributed by atoms with Crippen molar-refractivity contribution in [2.24, 2.45) is 0 Å². The van der Waals surface area contributed by atoms with Gasteiger partial charge in [0.2, 0.25) is 9.84 Å². The second kappa shape index (κ2) is 7.62. The van der Waals surface area contributed by atoms with Crippen LogP contribution in [0.25, 0.3) is 0 Å². The van der Waals surface area contributed by atoms with Gasteiger partial charge in [-0.1, -0.05) is 24.3 Å². The number of hydrogen-bond acceptors (Lipinski definition) is 6. The van der Waals surface area contributed by atoms with Crippen LogP contribution < -0.4 is 0 Å². The zero-order valence-electron chi connectivity index (χ0n) is 16.1. The van der Waals surface area contributed by atoms with Crippen LogP contribution in [0.15, 0.2) is 91.2 Å². The molecule has 1 aliphatic heterocycles. The average Bonchev–Trinajstić information content (AvgIpc) is 2.78. The minimum atomic E-state index is -3.66. The molecule has 6 nitrogen and oxygen atoms in total. The summed E-state index contributed by atoms with van der Waals surface area (Å²) in [6.07, 6.45) is 0. The molecule has 0 saturated heterocycles. The topological polar surface area (TPSA) is 86.7 Å². The van der Waals surface area contributed by atoms with Gasteiger partial charge < -0.3 is 9.47 Å². The predicted molar refractivity (Wildman–Crippen MR) is 110 cm³/mol. The molecule has 1 aliphatic rings. The van der Waals surface area contributed by atoms with Crippen molar-refractivity contribution in [1.29, 1.82) is 0 Å². The predicted octanol–water partition coefficient (Wildman–Crippen LogP) is 3.50. The SMILES string of the molecule is COC(=O)c1ccc([S+]2c3ccccc3S(=O)(=O)c3ccccc32)cc1C(=O)OC. The molecule has 0 aliphatic carbocycles. The number of fused-ring (bicyclic) bond motifs is 2. The molecule has 8 heteroatoms. The quantitative estimate of drug-likeness (QED) is 0.357. The summed E-state index contributed by atoms with van der Waals surface area (Å²) in [5.74, 6) is -1.33. The maximum Gasteiger partial charge on any atom is 0.338 e. The Labute approximate surface area is 176 Å². The van der Waals surface area contributed by atoms with Gasteiger partial charge in [0.25, 0.3) is 0 Å². The van der Waals surface area contributed by atoms with E-state index in [1.165, 1.54) is 20.3 Å². The standard InChI is InChI=1S/C22H17O6S2/c1-27-21(23)15-12-11-14(13-16(15)22(24)28-2)29-17-7-3-5-9-19(17)30(25,26)20-10-6-4-8-18(20)29/h3-13H,1-2H3/q+1. The molecular weight excluding hydrogens is 424 g/mol. The molecule has 0 unspecified atom stereocenters. The summed E-state index contributed by atoms with van der Waals surface area (Å²) < 4.78 is 35.9. The molecule has 4 rings (SSSR count). The zero-order chi connectivity index (χ0) is 21.5. The highest BCUT2D eigenvalue weighted by Crippen LogP contribution is 2.44. The third kappa shape index (κ3) is 3.09. The Kier molecular flexibility index (Phi) is 5.13. The van der Waals surface area contributed by atoms with Crippen molar-refractivity contribution in [1.82, 2.24) is 0 Å². The van der Waals surface area contributed by atoms with Crippen molar-refractivity contribution in [3.05, 3.63) is 77.9 Å². The van der Waals surface area contributed by atoms with Crippen molar-refractivity contribution in [3.8, 4) is 0 Å². The van der Waals surface area contributed by atoms with Gasteiger partial charge in [0.1, 0.15) is 20.7 Å². The van der Waals surface area contributed by atoms with E-state index < -0.39 is 32.7 Å². The monoisotopic (exact) mass is 441 g/mol. The fourth-order valence-electron chi connectivity index (χ4n) is 3.39. The summed E-state index contributed by atoms with van der Waals surface area (Å²) in [4.78, 5) is 26.9. The minimum Gasteiger partial charge on any atom is -0.465 e. The van der Waals surface area contributed by atoms with E-state index in [-0.39, 0.29) is 20.9 Å². The number of ether oxygens (including phenoxy) is 2. The number of esters is 2. The number of carbonyl (C=O) groups excluding carboxylic acids is 2. The third-order valence-electron chi connectivity index (χ3n) is 4.75. The maximum absolute atomic E-state index is 13.1. The molecule has 0 saturated carbocycles. The summed E-state index contributed by atoms with van der Waals surface area (Å²) in [6, 6.07) is 18.5. The van der Waals surface area contributed by atoms with E-state index >= 15 is 0 Å². The lowest BCUT2D eigenvalue weighted by Crippen LogP contribution is -2.21. The fraction of sp³-hybridized carbons (Fsp3) is 0.0909. The van der Waals surface area contributed by atoms with E-state index in [0.717, 1.165) is 0 Å².